The highest BCUT2D eigenvalue weighted by atomic mass is 35.5. The number of halogens is 1. The SMILES string of the molecule is CCOc1ccc(Cc2cc([C@@H]3O[C@H](COC(=O)c4ccccc4)[C@@H](O)[C@H](O)[C@H]3O)ccc2Cl)cc1. The number of hydrogen-bond donors (Lipinski definition) is 3. The first kappa shape index (κ1) is 26.1. The molecule has 1 saturated heterocycles. The summed E-state index contributed by atoms with van der Waals surface area (Å²) in [5.74, 6) is 0.207. The van der Waals surface area contributed by atoms with Crippen molar-refractivity contribution in [2.24, 2.45) is 0 Å². The monoisotopic (exact) mass is 512 g/mol. The van der Waals surface area contributed by atoms with E-state index in [-0.39, 0.29) is 6.61 Å². The first-order valence-corrected chi connectivity index (χ1v) is 12.2. The van der Waals surface area contributed by atoms with E-state index in [0.29, 0.717) is 29.2 Å². The Morgan fingerprint density at radius 2 is 1.67 bits per heavy atom. The lowest BCUT2D eigenvalue weighted by molar-refractivity contribution is -0.231. The number of ether oxygens (including phenoxy) is 3. The van der Waals surface area contributed by atoms with Gasteiger partial charge in [-0.25, -0.2) is 4.79 Å². The molecule has 0 aromatic heterocycles. The summed E-state index contributed by atoms with van der Waals surface area (Å²) in [5.41, 5.74) is 2.76. The molecule has 4 rings (SSSR count). The number of benzene rings is 3. The van der Waals surface area contributed by atoms with Crippen molar-refractivity contribution in [2.45, 2.75) is 43.9 Å². The number of rotatable bonds is 8. The van der Waals surface area contributed by atoms with Crippen molar-refractivity contribution in [3.05, 3.63) is 100 Å². The van der Waals surface area contributed by atoms with Crippen LogP contribution in [0.3, 0.4) is 0 Å². The molecule has 36 heavy (non-hydrogen) atoms. The van der Waals surface area contributed by atoms with Gasteiger partial charge in [0.05, 0.1) is 12.2 Å². The van der Waals surface area contributed by atoms with Crippen LogP contribution >= 0.6 is 11.6 Å². The van der Waals surface area contributed by atoms with Crippen molar-refractivity contribution in [2.75, 3.05) is 13.2 Å². The molecule has 7 nitrogen and oxygen atoms in total. The Morgan fingerprint density at radius 3 is 2.36 bits per heavy atom. The number of hydrogen-bond acceptors (Lipinski definition) is 7. The average molecular weight is 513 g/mol. The van der Waals surface area contributed by atoms with Gasteiger partial charge in [-0.3, -0.25) is 0 Å². The van der Waals surface area contributed by atoms with Gasteiger partial charge in [-0.05, 0) is 60.4 Å². The lowest BCUT2D eigenvalue weighted by atomic mass is 9.90. The molecule has 0 radical (unpaired) electrons. The Kier molecular flexibility index (Phi) is 8.61. The molecule has 1 heterocycles. The third-order valence-corrected chi connectivity index (χ3v) is 6.50. The molecule has 3 aromatic rings. The molecule has 0 saturated carbocycles. The van der Waals surface area contributed by atoms with Gasteiger partial charge in [0, 0.05) is 5.02 Å². The van der Waals surface area contributed by atoms with E-state index < -0.39 is 36.5 Å². The van der Waals surface area contributed by atoms with Crippen molar-refractivity contribution in [3.63, 3.8) is 0 Å². The molecule has 0 bridgehead atoms. The van der Waals surface area contributed by atoms with E-state index in [1.807, 2.05) is 37.3 Å². The predicted octanol–water partition coefficient (Wildman–Crippen LogP) is 3.71. The highest BCUT2D eigenvalue weighted by molar-refractivity contribution is 6.31. The van der Waals surface area contributed by atoms with Gasteiger partial charge >= 0.3 is 5.97 Å². The molecule has 0 spiro atoms. The fourth-order valence-corrected chi connectivity index (χ4v) is 4.36. The highest BCUT2D eigenvalue weighted by Gasteiger charge is 2.44. The maximum absolute atomic E-state index is 12.3. The van der Waals surface area contributed by atoms with E-state index >= 15 is 0 Å². The molecule has 1 aliphatic rings. The molecule has 0 aliphatic carbocycles. The lowest BCUT2D eigenvalue weighted by Crippen LogP contribution is -2.55. The Bertz CT molecular complexity index is 1150. The molecule has 8 heteroatoms. The zero-order chi connectivity index (χ0) is 25.7. The smallest absolute Gasteiger partial charge is 0.338 e. The van der Waals surface area contributed by atoms with Crippen LogP contribution in [0.4, 0.5) is 0 Å². The van der Waals surface area contributed by atoms with Crippen LogP contribution < -0.4 is 4.74 Å². The van der Waals surface area contributed by atoms with E-state index in [4.69, 9.17) is 25.8 Å². The lowest BCUT2D eigenvalue weighted by Gasteiger charge is -2.40. The summed E-state index contributed by atoms with van der Waals surface area (Å²) in [5, 5.41) is 32.2. The quantitative estimate of drug-likeness (QED) is 0.395. The summed E-state index contributed by atoms with van der Waals surface area (Å²) in [6, 6.07) is 21.3. The normalized spacial score (nSPS) is 23.8. The van der Waals surface area contributed by atoms with Crippen molar-refractivity contribution in [1.82, 2.24) is 0 Å². The fraction of sp³-hybridized carbons (Fsp3) is 0.321. The van der Waals surface area contributed by atoms with Crippen LogP contribution in [-0.4, -0.2) is 58.9 Å². The molecule has 5 atom stereocenters. The summed E-state index contributed by atoms with van der Waals surface area (Å²) >= 11 is 6.45. The van der Waals surface area contributed by atoms with Crippen LogP contribution in [0.5, 0.6) is 5.75 Å². The number of esters is 1. The minimum atomic E-state index is -1.49. The van der Waals surface area contributed by atoms with Crippen LogP contribution in [0.15, 0.2) is 72.8 Å². The molecular weight excluding hydrogens is 484 g/mol. The molecule has 1 fully saturated rings. The van der Waals surface area contributed by atoms with Gasteiger partial charge in [-0.2, -0.15) is 0 Å². The van der Waals surface area contributed by atoms with E-state index in [0.717, 1.165) is 16.9 Å². The van der Waals surface area contributed by atoms with Gasteiger partial charge in [0.15, 0.2) is 0 Å². The van der Waals surface area contributed by atoms with Gasteiger partial charge in [0.2, 0.25) is 0 Å². The largest absolute Gasteiger partial charge is 0.494 e. The van der Waals surface area contributed by atoms with Crippen LogP contribution in [0.1, 0.15) is 40.1 Å². The summed E-state index contributed by atoms with van der Waals surface area (Å²) < 4.78 is 16.7. The molecule has 1 aliphatic heterocycles. The van der Waals surface area contributed by atoms with Gasteiger partial charge in [-0.1, -0.05) is 54.1 Å². The molecular formula is C28H29ClO7. The molecule has 0 unspecified atom stereocenters. The topological polar surface area (TPSA) is 105 Å². The van der Waals surface area contributed by atoms with Crippen LogP contribution in [0, 0.1) is 0 Å². The fourth-order valence-electron chi connectivity index (χ4n) is 4.18. The maximum atomic E-state index is 12.3. The third-order valence-electron chi connectivity index (χ3n) is 6.13. The first-order chi connectivity index (χ1) is 17.4. The van der Waals surface area contributed by atoms with Crippen LogP contribution in [0.2, 0.25) is 5.02 Å². The number of aliphatic hydroxyl groups is 3. The summed E-state index contributed by atoms with van der Waals surface area (Å²) in [6.45, 7) is 2.22. The third kappa shape index (κ3) is 6.06. The van der Waals surface area contributed by atoms with E-state index in [9.17, 15) is 20.1 Å². The number of carbonyl (C=O) groups is 1. The molecule has 0 amide bonds. The van der Waals surface area contributed by atoms with E-state index in [1.165, 1.54) is 0 Å². The van der Waals surface area contributed by atoms with Crippen molar-refractivity contribution in [1.29, 1.82) is 0 Å². The summed E-state index contributed by atoms with van der Waals surface area (Å²) in [7, 11) is 0. The second-order valence-corrected chi connectivity index (χ2v) is 9.04. The number of aliphatic hydroxyl groups excluding tert-OH is 3. The second-order valence-electron chi connectivity index (χ2n) is 8.64. The minimum Gasteiger partial charge on any atom is -0.494 e. The number of carbonyl (C=O) groups excluding carboxylic acids is 1. The predicted molar refractivity (Wildman–Crippen MR) is 134 cm³/mol. The Balaban J connectivity index is 1.49. The van der Waals surface area contributed by atoms with E-state index in [1.54, 1.807) is 42.5 Å². The first-order valence-electron chi connectivity index (χ1n) is 11.8. The summed E-state index contributed by atoms with van der Waals surface area (Å²) in [6.07, 6.45) is -5.78. The van der Waals surface area contributed by atoms with Crippen LogP contribution in [0.25, 0.3) is 0 Å². The Morgan fingerprint density at radius 1 is 0.944 bits per heavy atom. The zero-order valence-electron chi connectivity index (χ0n) is 19.8. The zero-order valence-corrected chi connectivity index (χ0v) is 20.5. The average Bonchev–Trinajstić information content (AvgIpc) is 2.90. The van der Waals surface area contributed by atoms with Gasteiger partial charge in [0.1, 0.15) is 42.9 Å². The van der Waals surface area contributed by atoms with Crippen molar-refractivity contribution < 1.29 is 34.3 Å². The van der Waals surface area contributed by atoms with E-state index in [2.05, 4.69) is 0 Å². The van der Waals surface area contributed by atoms with Crippen molar-refractivity contribution >= 4 is 17.6 Å². The highest BCUT2D eigenvalue weighted by Crippen LogP contribution is 2.35. The second kappa shape index (κ2) is 11.9. The minimum absolute atomic E-state index is 0.290. The maximum Gasteiger partial charge on any atom is 0.338 e. The molecule has 190 valence electrons. The van der Waals surface area contributed by atoms with Gasteiger partial charge in [-0.15, -0.1) is 0 Å². The summed E-state index contributed by atoms with van der Waals surface area (Å²) in [4.78, 5) is 12.3. The Labute approximate surface area is 214 Å². The van der Waals surface area contributed by atoms with Gasteiger partial charge in [0.25, 0.3) is 0 Å². The van der Waals surface area contributed by atoms with Crippen LogP contribution in [-0.2, 0) is 15.9 Å². The standard InChI is InChI=1S/C28H29ClO7/c1-2-34-21-11-8-17(9-12-21)14-20-15-19(10-13-22(20)29)27-26(32)25(31)24(30)23(36-27)16-35-28(33)18-6-4-3-5-7-18/h3-13,15,23-27,30-32H,2,14,16H2,1H3/t23-,24-,25+,26-,27+/m1/s1. The molecule has 3 aromatic carbocycles. The van der Waals surface area contributed by atoms with Crippen molar-refractivity contribution in [3.8, 4) is 5.75 Å². The molecule has 3 N–H and O–H groups in total. The van der Waals surface area contributed by atoms with Gasteiger partial charge < -0.3 is 29.5 Å². The Hall–Kier alpha value is -2.94.